The molecule has 1 N–H and O–H groups in total. The summed E-state index contributed by atoms with van der Waals surface area (Å²) in [5.74, 6) is 0.181. The molecule has 2 heterocycles. The van der Waals surface area contributed by atoms with Crippen molar-refractivity contribution in [3.05, 3.63) is 40.6 Å². The highest BCUT2D eigenvalue weighted by atomic mass is 16.6. The summed E-state index contributed by atoms with van der Waals surface area (Å²) in [5.41, 5.74) is 1.39. The topological polar surface area (TPSA) is 79.5 Å². The van der Waals surface area contributed by atoms with Crippen molar-refractivity contribution < 1.29 is 10.0 Å². The second kappa shape index (κ2) is 5.29. The maximum Gasteiger partial charge on any atom is 0.295 e. The third kappa shape index (κ3) is 2.42. The van der Waals surface area contributed by atoms with E-state index >= 15 is 0 Å². The molecule has 1 saturated heterocycles. The number of hydrogen-bond donors (Lipinski definition) is 1. The standard InChI is InChI=1S/C15H17N3O3/c1-10-9-17(8-6-14(10)19)12-5-7-16-15-11(12)3-2-4-13(15)18(20)21/h2-5,7,10,14,19H,6,8-9H2,1H3. The molecule has 0 saturated carbocycles. The molecule has 2 aromatic rings. The molecule has 1 aromatic heterocycles. The van der Waals surface area contributed by atoms with Crippen LogP contribution in [0.1, 0.15) is 13.3 Å². The highest BCUT2D eigenvalue weighted by molar-refractivity contribution is 5.96. The Morgan fingerprint density at radius 3 is 2.95 bits per heavy atom. The largest absolute Gasteiger partial charge is 0.393 e. The van der Waals surface area contributed by atoms with Crippen molar-refractivity contribution in [1.29, 1.82) is 0 Å². The summed E-state index contributed by atoms with van der Waals surface area (Å²) in [7, 11) is 0. The van der Waals surface area contributed by atoms with Crippen LogP contribution >= 0.6 is 0 Å². The molecular weight excluding hydrogens is 270 g/mol. The van der Waals surface area contributed by atoms with Gasteiger partial charge in [0.25, 0.3) is 5.69 Å². The molecule has 0 aliphatic carbocycles. The summed E-state index contributed by atoms with van der Waals surface area (Å²) in [5, 5.41) is 21.7. The van der Waals surface area contributed by atoms with Crippen LogP contribution in [0.3, 0.4) is 0 Å². The fraction of sp³-hybridized carbons (Fsp3) is 0.400. The van der Waals surface area contributed by atoms with Crippen LogP contribution in [0.4, 0.5) is 11.4 Å². The Kier molecular flexibility index (Phi) is 3.47. The molecule has 0 spiro atoms. The zero-order chi connectivity index (χ0) is 15.0. The lowest BCUT2D eigenvalue weighted by molar-refractivity contribution is -0.383. The molecule has 21 heavy (non-hydrogen) atoms. The van der Waals surface area contributed by atoms with E-state index in [9.17, 15) is 15.2 Å². The third-order valence-corrected chi connectivity index (χ3v) is 4.12. The van der Waals surface area contributed by atoms with Crippen molar-refractivity contribution in [1.82, 2.24) is 4.98 Å². The van der Waals surface area contributed by atoms with Crippen LogP contribution in [0.5, 0.6) is 0 Å². The van der Waals surface area contributed by atoms with E-state index in [1.807, 2.05) is 19.1 Å². The first kappa shape index (κ1) is 13.8. The Morgan fingerprint density at radius 2 is 2.24 bits per heavy atom. The zero-order valence-electron chi connectivity index (χ0n) is 11.8. The van der Waals surface area contributed by atoms with Gasteiger partial charge in [-0.05, 0) is 18.4 Å². The summed E-state index contributed by atoms with van der Waals surface area (Å²) >= 11 is 0. The summed E-state index contributed by atoms with van der Waals surface area (Å²) < 4.78 is 0. The normalized spacial score (nSPS) is 22.5. The smallest absolute Gasteiger partial charge is 0.295 e. The fourth-order valence-corrected chi connectivity index (χ4v) is 2.92. The van der Waals surface area contributed by atoms with Crippen LogP contribution < -0.4 is 4.90 Å². The number of hydrogen-bond acceptors (Lipinski definition) is 5. The van der Waals surface area contributed by atoms with Gasteiger partial charge in [0.05, 0.1) is 11.0 Å². The number of aromatic nitrogens is 1. The van der Waals surface area contributed by atoms with E-state index < -0.39 is 4.92 Å². The maximum absolute atomic E-state index is 11.1. The number of fused-ring (bicyclic) bond motifs is 1. The van der Waals surface area contributed by atoms with Gasteiger partial charge in [0.15, 0.2) is 0 Å². The Bertz CT molecular complexity index is 689. The minimum Gasteiger partial charge on any atom is -0.393 e. The van der Waals surface area contributed by atoms with E-state index in [-0.39, 0.29) is 17.7 Å². The van der Waals surface area contributed by atoms with Gasteiger partial charge in [0, 0.05) is 36.4 Å². The molecule has 0 amide bonds. The molecule has 1 aliphatic rings. The molecule has 3 rings (SSSR count). The lowest BCUT2D eigenvalue weighted by Gasteiger charge is -2.36. The third-order valence-electron chi connectivity index (χ3n) is 4.12. The van der Waals surface area contributed by atoms with Crippen LogP contribution in [-0.4, -0.2) is 34.2 Å². The summed E-state index contributed by atoms with van der Waals surface area (Å²) in [4.78, 5) is 17.1. The number of aliphatic hydroxyl groups is 1. The average molecular weight is 287 g/mol. The molecule has 0 bridgehead atoms. The summed E-state index contributed by atoms with van der Waals surface area (Å²) in [6.07, 6.45) is 2.05. The van der Waals surface area contributed by atoms with Gasteiger partial charge in [-0.2, -0.15) is 0 Å². The Hall–Kier alpha value is -2.21. The first-order chi connectivity index (χ1) is 10.1. The van der Waals surface area contributed by atoms with E-state index in [0.29, 0.717) is 11.9 Å². The van der Waals surface area contributed by atoms with Gasteiger partial charge in [0.1, 0.15) is 5.52 Å². The maximum atomic E-state index is 11.1. The van der Waals surface area contributed by atoms with Crippen LogP contribution in [0, 0.1) is 16.0 Å². The van der Waals surface area contributed by atoms with Crippen LogP contribution in [0.2, 0.25) is 0 Å². The van der Waals surface area contributed by atoms with Gasteiger partial charge in [-0.25, -0.2) is 4.98 Å². The van der Waals surface area contributed by atoms with Gasteiger partial charge in [-0.3, -0.25) is 10.1 Å². The highest BCUT2D eigenvalue weighted by Gasteiger charge is 2.26. The van der Waals surface area contributed by atoms with Crippen molar-refractivity contribution in [2.75, 3.05) is 18.0 Å². The monoisotopic (exact) mass is 287 g/mol. The predicted octanol–water partition coefficient (Wildman–Crippen LogP) is 2.35. The van der Waals surface area contributed by atoms with Crippen molar-refractivity contribution in [3.8, 4) is 0 Å². The van der Waals surface area contributed by atoms with Gasteiger partial charge in [-0.15, -0.1) is 0 Å². The molecule has 2 unspecified atom stereocenters. The second-order valence-electron chi connectivity index (χ2n) is 5.54. The van der Waals surface area contributed by atoms with Crippen molar-refractivity contribution >= 4 is 22.3 Å². The molecule has 110 valence electrons. The first-order valence-electron chi connectivity index (χ1n) is 7.03. The predicted molar refractivity (Wildman–Crippen MR) is 80.4 cm³/mol. The number of rotatable bonds is 2. The molecule has 2 atom stereocenters. The number of piperidine rings is 1. The summed E-state index contributed by atoms with van der Waals surface area (Å²) in [6, 6.07) is 6.91. The highest BCUT2D eigenvalue weighted by Crippen LogP contribution is 2.33. The molecule has 1 aromatic carbocycles. The number of nitrogens with zero attached hydrogens (tertiary/aromatic N) is 3. The number of anilines is 1. The molecule has 6 nitrogen and oxygen atoms in total. The van der Waals surface area contributed by atoms with E-state index in [1.54, 1.807) is 12.3 Å². The van der Waals surface area contributed by atoms with Crippen LogP contribution in [0.25, 0.3) is 10.9 Å². The van der Waals surface area contributed by atoms with E-state index in [1.165, 1.54) is 6.07 Å². The van der Waals surface area contributed by atoms with Crippen LogP contribution in [0.15, 0.2) is 30.5 Å². The summed E-state index contributed by atoms with van der Waals surface area (Å²) in [6.45, 7) is 3.50. The van der Waals surface area contributed by atoms with Crippen molar-refractivity contribution in [2.24, 2.45) is 5.92 Å². The number of pyridine rings is 1. The molecule has 6 heteroatoms. The SMILES string of the molecule is CC1CN(c2ccnc3c([N+](=O)[O-])cccc23)CCC1O. The minimum atomic E-state index is -0.401. The number of para-hydroxylation sites is 1. The second-order valence-corrected chi connectivity index (χ2v) is 5.54. The number of benzene rings is 1. The fourth-order valence-electron chi connectivity index (χ4n) is 2.92. The van der Waals surface area contributed by atoms with E-state index in [2.05, 4.69) is 9.88 Å². The van der Waals surface area contributed by atoms with Crippen molar-refractivity contribution in [3.63, 3.8) is 0 Å². The lowest BCUT2D eigenvalue weighted by atomic mass is 9.96. The molecule has 1 fully saturated rings. The van der Waals surface area contributed by atoms with Gasteiger partial charge >= 0.3 is 0 Å². The first-order valence-corrected chi connectivity index (χ1v) is 7.03. The zero-order valence-corrected chi connectivity index (χ0v) is 11.8. The number of non-ortho nitro benzene ring substituents is 1. The Labute approximate surface area is 122 Å². The van der Waals surface area contributed by atoms with Crippen molar-refractivity contribution in [2.45, 2.75) is 19.4 Å². The Morgan fingerprint density at radius 1 is 1.43 bits per heavy atom. The quantitative estimate of drug-likeness (QED) is 0.677. The number of aliphatic hydroxyl groups excluding tert-OH is 1. The van der Waals surface area contributed by atoms with Gasteiger partial charge in [-0.1, -0.05) is 19.1 Å². The number of nitro groups is 1. The van der Waals surface area contributed by atoms with E-state index in [0.717, 1.165) is 24.2 Å². The Balaban J connectivity index is 2.07. The van der Waals surface area contributed by atoms with Gasteiger partial charge < -0.3 is 10.0 Å². The van der Waals surface area contributed by atoms with E-state index in [4.69, 9.17) is 0 Å². The van der Waals surface area contributed by atoms with Crippen LogP contribution in [-0.2, 0) is 0 Å². The molecular formula is C15H17N3O3. The number of nitro benzene ring substituents is 1. The molecule has 0 radical (unpaired) electrons. The van der Waals surface area contributed by atoms with Gasteiger partial charge in [0.2, 0.25) is 0 Å². The minimum absolute atomic E-state index is 0.0273. The molecule has 1 aliphatic heterocycles. The lowest BCUT2D eigenvalue weighted by Crippen LogP contribution is -2.42. The average Bonchev–Trinajstić information content (AvgIpc) is 2.48.